The van der Waals surface area contributed by atoms with E-state index >= 15 is 0 Å². The number of carbonyl (C=O) groups is 1. The van der Waals surface area contributed by atoms with Gasteiger partial charge in [-0.2, -0.15) is 4.31 Å². The summed E-state index contributed by atoms with van der Waals surface area (Å²) in [7, 11) is -0.0509. The highest BCUT2D eigenvalue weighted by Crippen LogP contribution is 2.28. The molecule has 0 fully saturated rings. The van der Waals surface area contributed by atoms with Crippen molar-refractivity contribution >= 4 is 27.7 Å². The third-order valence-electron chi connectivity index (χ3n) is 3.59. The Morgan fingerprint density at radius 3 is 2.17 bits per heavy atom. The second-order valence-corrected chi connectivity index (χ2v) is 9.04. The lowest BCUT2D eigenvalue weighted by Gasteiger charge is -2.23. The van der Waals surface area contributed by atoms with Crippen molar-refractivity contribution in [2.75, 3.05) is 27.2 Å². The number of sulfonamides is 1. The Morgan fingerprint density at radius 1 is 1.21 bits per heavy atom. The van der Waals surface area contributed by atoms with Crippen molar-refractivity contribution in [3.05, 3.63) is 18.3 Å². The molecule has 0 unspecified atom stereocenters. The lowest BCUT2D eigenvalue weighted by atomic mass is 10.1. The Balaban J connectivity index is 3.01. The van der Waals surface area contributed by atoms with E-state index in [0.717, 1.165) is 0 Å². The molecule has 1 aromatic rings. The van der Waals surface area contributed by atoms with Gasteiger partial charge in [0.25, 0.3) is 0 Å². The van der Waals surface area contributed by atoms with Crippen LogP contribution in [0.1, 0.15) is 27.7 Å². The summed E-state index contributed by atoms with van der Waals surface area (Å²) in [6.45, 7) is 8.41. The van der Waals surface area contributed by atoms with Crippen LogP contribution in [0.2, 0.25) is 0 Å². The molecule has 0 aliphatic carbocycles. The van der Waals surface area contributed by atoms with Gasteiger partial charge in [0.15, 0.2) is 0 Å². The van der Waals surface area contributed by atoms with Gasteiger partial charge in [-0.25, -0.2) is 13.4 Å². The second kappa shape index (κ2) is 8.82. The maximum atomic E-state index is 12.5. The third kappa shape index (κ3) is 4.94. The molecule has 1 aromatic heterocycles. The SMILES string of the molecule is CCN(CC)S(=O)(=O)c1ccc(S[C@H](C(=O)N(C)C)C(C)C)nc1. The van der Waals surface area contributed by atoms with Crippen molar-refractivity contribution in [3.8, 4) is 0 Å². The van der Waals surface area contributed by atoms with E-state index in [1.165, 1.54) is 22.3 Å². The van der Waals surface area contributed by atoms with Crippen LogP contribution < -0.4 is 0 Å². The Morgan fingerprint density at radius 2 is 1.79 bits per heavy atom. The van der Waals surface area contributed by atoms with Crippen LogP contribution in [0.15, 0.2) is 28.3 Å². The van der Waals surface area contributed by atoms with Gasteiger partial charge < -0.3 is 4.90 Å². The van der Waals surface area contributed by atoms with Crippen molar-refractivity contribution in [2.24, 2.45) is 5.92 Å². The van der Waals surface area contributed by atoms with E-state index in [1.807, 2.05) is 13.8 Å². The molecule has 136 valence electrons. The van der Waals surface area contributed by atoms with Crippen molar-refractivity contribution in [2.45, 2.75) is 42.9 Å². The summed E-state index contributed by atoms with van der Waals surface area (Å²) in [5, 5.41) is 0.389. The minimum absolute atomic E-state index is 0.0247. The molecule has 1 amide bonds. The van der Waals surface area contributed by atoms with Crippen molar-refractivity contribution in [1.82, 2.24) is 14.2 Å². The minimum Gasteiger partial charge on any atom is -0.348 e. The quantitative estimate of drug-likeness (QED) is 0.654. The fourth-order valence-corrected chi connectivity index (χ4v) is 4.67. The molecule has 0 saturated carbocycles. The Labute approximate surface area is 149 Å². The molecule has 8 heteroatoms. The zero-order valence-corrected chi connectivity index (χ0v) is 16.8. The number of hydrogen-bond donors (Lipinski definition) is 0. The first-order valence-corrected chi connectivity index (χ1v) is 10.3. The maximum absolute atomic E-state index is 12.5. The van der Waals surface area contributed by atoms with E-state index < -0.39 is 10.0 Å². The van der Waals surface area contributed by atoms with Crippen molar-refractivity contribution < 1.29 is 13.2 Å². The summed E-state index contributed by atoms with van der Waals surface area (Å²) in [5.74, 6) is 0.169. The first-order chi connectivity index (χ1) is 11.1. The largest absolute Gasteiger partial charge is 0.348 e. The minimum atomic E-state index is -3.51. The third-order valence-corrected chi connectivity index (χ3v) is 7.11. The summed E-state index contributed by atoms with van der Waals surface area (Å²) in [6, 6.07) is 3.22. The van der Waals surface area contributed by atoms with E-state index in [1.54, 1.807) is 45.0 Å². The van der Waals surface area contributed by atoms with Gasteiger partial charge in [0.05, 0.1) is 10.3 Å². The molecule has 1 heterocycles. The molecule has 0 aromatic carbocycles. The number of thioether (sulfide) groups is 1. The van der Waals surface area contributed by atoms with E-state index in [9.17, 15) is 13.2 Å². The molecule has 0 radical (unpaired) electrons. The fourth-order valence-electron chi connectivity index (χ4n) is 2.16. The van der Waals surface area contributed by atoms with Gasteiger partial charge in [0.1, 0.15) is 4.90 Å². The highest BCUT2D eigenvalue weighted by atomic mass is 32.2. The van der Waals surface area contributed by atoms with Gasteiger partial charge in [-0.1, -0.05) is 39.5 Å². The van der Waals surface area contributed by atoms with Gasteiger partial charge in [-0.3, -0.25) is 4.79 Å². The van der Waals surface area contributed by atoms with E-state index in [0.29, 0.717) is 18.1 Å². The van der Waals surface area contributed by atoms with E-state index in [4.69, 9.17) is 0 Å². The molecule has 24 heavy (non-hydrogen) atoms. The van der Waals surface area contributed by atoms with Gasteiger partial charge in [0.2, 0.25) is 15.9 Å². The van der Waals surface area contributed by atoms with E-state index in [-0.39, 0.29) is 22.0 Å². The van der Waals surface area contributed by atoms with Crippen LogP contribution in [0.3, 0.4) is 0 Å². The highest BCUT2D eigenvalue weighted by Gasteiger charge is 2.26. The smallest absolute Gasteiger partial charge is 0.244 e. The highest BCUT2D eigenvalue weighted by molar-refractivity contribution is 8.00. The average Bonchev–Trinajstić information content (AvgIpc) is 2.52. The monoisotopic (exact) mass is 373 g/mol. The Kier molecular flexibility index (Phi) is 7.69. The van der Waals surface area contributed by atoms with Crippen LogP contribution in [0.25, 0.3) is 0 Å². The van der Waals surface area contributed by atoms with Crippen LogP contribution in [-0.2, 0) is 14.8 Å². The number of nitrogens with zero attached hydrogens (tertiary/aromatic N) is 3. The predicted octanol–water partition coefficient (Wildman–Crippen LogP) is 2.32. The molecule has 1 rings (SSSR count). The molecule has 0 bridgehead atoms. The first-order valence-electron chi connectivity index (χ1n) is 7.99. The lowest BCUT2D eigenvalue weighted by Crippen LogP contribution is -2.34. The van der Waals surface area contributed by atoms with Crippen LogP contribution in [0, 0.1) is 5.92 Å². The van der Waals surface area contributed by atoms with Crippen molar-refractivity contribution in [3.63, 3.8) is 0 Å². The molecule has 0 aliphatic heterocycles. The summed E-state index contributed by atoms with van der Waals surface area (Å²) in [6.07, 6.45) is 1.37. The summed E-state index contributed by atoms with van der Waals surface area (Å²) >= 11 is 1.36. The fraction of sp³-hybridized carbons (Fsp3) is 0.625. The standard InChI is InChI=1S/C16H27N3O3S2/c1-7-19(8-2)24(21,22)13-9-10-14(17-11-13)23-15(12(3)4)16(20)18(5)6/h9-12,15H,7-8H2,1-6H3/t15-/m0/s1. The van der Waals surface area contributed by atoms with Crippen LogP contribution in [0.4, 0.5) is 0 Å². The number of aromatic nitrogens is 1. The van der Waals surface area contributed by atoms with Crippen molar-refractivity contribution in [1.29, 1.82) is 0 Å². The maximum Gasteiger partial charge on any atom is 0.244 e. The molecular weight excluding hydrogens is 346 g/mol. The van der Waals surface area contributed by atoms with Gasteiger partial charge in [-0.15, -0.1) is 0 Å². The Hall–Kier alpha value is -1.12. The van der Waals surface area contributed by atoms with Crippen LogP contribution in [-0.4, -0.2) is 60.9 Å². The summed E-state index contributed by atoms with van der Waals surface area (Å²) in [4.78, 5) is 18.2. The average molecular weight is 374 g/mol. The second-order valence-electron chi connectivity index (χ2n) is 5.94. The van der Waals surface area contributed by atoms with Gasteiger partial charge in [0, 0.05) is 33.4 Å². The van der Waals surface area contributed by atoms with E-state index in [2.05, 4.69) is 4.98 Å². The number of amides is 1. The zero-order valence-electron chi connectivity index (χ0n) is 15.2. The summed E-state index contributed by atoms with van der Waals surface area (Å²) in [5.41, 5.74) is 0. The topological polar surface area (TPSA) is 70.6 Å². The molecular formula is C16H27N3O3S2. The molecule has 0 saturated heterocycles. The number of carbonyl (C=O) groups excluding carboxylic acids is 1. The Bertz CT molecular complexity index is 639. The molecule has 0 aliphatic rings. The van der Waals surface area contributed by atoms with Gasteiger partial charge >= 0.3 is 0 Å². The zero-order chi connectivity index (χ0) is 18.5. The summed E-state index contributed by atoms with van der Waals surface area (Å²) < 4.78 is 26.3. The van der Waals surface area contributed by atoms with Crippen LogP contribution in [0.5, 0.6) is 0 Å². The number of rotatable bonds is 8. The molecule has 6 nitrogen and oxygen atoms in total. The number of pyridine rings is 1. The van der Waals surface area contributed by atoms with Crippen LogP contribution >= 0.6 is 11.8 Å². The molecule has 1 atom stereocenters. The molecule has 0 N–H and O–H groups in total. The molecule has 0 spiro atoms. The number of hydrogen-bond acceptors (Lipinski definition) is 5. The van der Waals surface area contributed by atoms with Gasteiger partial charge in [-0.05, 0) is 18.1 Å². The predicted molar refractivity (Wildman–Crippen MR) is 97.5 cm³/mol. The normalized spacial score (nSPS) is 13.3. The lowest BCUT2D eigenvalue weighted by molar-refractivity contribution is -0.128. The first kappa shape index (κ1) is 20.9.